The zero-order valence-electron chi connectivity index (χ0n) is 39.4. The SMILES string of the molecule is Cc1ccnc(-n2c3[c-]c(Oc4[c-]c(-n5nc(C)c(-c6c(-c7ccccc7)c(-c7ccccc7)c(-c7ccccc7)c(-c7ccccc7)c6-c6ccccc6)c5C)ccc4)ccc3c3ccccc32)c1.[Pd+2]. The van der Waals surface area contributed by atoms with Gasteiger partial charge in [0.05, 0.1) is 5.69 Å². The van der Waals surface area contributed by atoms with Crippen molar-refractivity contribution in [2.24, 2.45) is 0 Å². The summed E-state index contributed by atoms with van der Waals surface area (Å²) in [6.45, 7) is 6.39. The molecule has 71 heavy (non-hydrogen) atoms. The molecule has 9 aromatic carbocycles. The van der Waals surface area contributed by atoms with Crippen LogP contribution in [0.15, 0.2) is 225 Å². The van der Waals surface area contributed by atoms with Crippen molar-refractivity contribution in [3.05, 3.63) is 254 Å². The van der Waals surface area contributed by atoms with Crippen LogP contribution in [0.2, 0.25) is 0 Å². The number of hydrogen-bond donors (Lipinski definition) is 0. The fourth-order valence-corrected chi connectivity index (χ4v) is 10.3. The number of aromatic nitrogens is 4. The van der Waals surface area contributed by atoms with Crippen LogP contribution in [0, 0.1) is 32.9 Å². The number of para-hydroxylation sites is 1. The Morgan fingerprint density at radius 2 is 0.901 bits per heavy atom. The molecule has 342 valence electrons. The van der Waals surface area contributed by atoms with Crippen molar-refractivity contribution in [3.8, 4) is 89.8 Å². The summed E-state index contributed by atoms with van der Waals surface area (Å²) in [6.07, 6.45) is 1.85. The number of pyridine rings is 1. The van der Waals surface area contributed by atoms with Gasteiger partial charge >= 0.3 is 20.4 Å². The number of aryl methyl sites for hydroxylation is 2. The molecule has 0 saturated carbocycles. The Kier molecular flexibility index (Phi) is 12.2. The van der Waals surface area contributed by atoms with E-state index in [4.69, 9.17) is 14.8 Å². The molecule has 0 N–H and O–H groups in total. The zero-order valence-corrected chi connectivity index (χ0v) is 40.9. The van der Waals surface area contributed by atoms with Crippen molar-refractivity contribution in [2.45, 2.75) is 20.8 Å². The minimum Gasteiger partial charge on any atom is -0.509 e. The number of rotatable bonds is 10. The minimum atomic E-state index is 0. The van der Waals surface area contributed by atoms with Gasteiger partial charge in [-0.25, -0.2) is 4.98 Å². The van der Waals surface area contributed by atoms with Gasteiger partial charge < -0.3 is 9.30 Å². The van der Waals surface area contributed by atoms with Crippen molar-refractivity contribution in [2.75, 3.05) is 0 Å². The van der Waals surface area contributed by atoms with Crippen LogP contribution in [0.3, 0.4) is 0 Å². The van der Waals surface area contributed by atoms with Crippen LogP contribution in [0.1, 0.15) is 17.0 Å². The molecular formula is C65H46N4OPd. The molecule has 6 heteroatoms. The maximum absolute atomic E-state index is 6.67. The molecule has 0 bridgehead atoms. The molecule has 0 unspecified atom stereocenters. The molecular weight excluding hydrogens is 959 g/mol. The van der Waals surface area contributed by atoms with Crippen LogP contribution in [-0.4, -0.2) is 19.3 Å². The van der Waals surface area contributed by atoms with Crippen molar-refractivity contribution < 1.29 is 25.2 Å². The first-order chi connectivity index (χ1) is 34.5. The molecule has 0 radical (unpaired) electrons. The van der Waals surface area contributed by atoms with E-state index in [0.29, 0.717) is 11.5 Å². The molecule has 3 heterocycles. The Hall–Kier alpha value is -8.40. The fourth-order valence-electron chi connectivity index (χ4n) is 10.3. The van der Waals surface area contributed by atoms with Crippen LogP contribution in [0.25, 0.3) is 100 Å². The van der Waals surface area contributed by atoms with E-state index in [-0.39, 0.29) is 20.4 Å². The van der Waals surface area contributed by atoms with Gasteiger partial charge in [-0.2, -0.15) is 17.2 Å². The first kappa shape index (κ1) is 45.1. The van der Waals surface area contributed by atoms with Crippen molar-refractivity contribution in [1.29, 1.82) is 0 Å². The Balaban J connectivity index is 0.00000547. The molecule has 0 aliphatic rings. The minimum absolute atomic E-state index is 0. The second-order valence-electron chi connectivity index (χ2n) is 17.7. The van der Waals surface area contributed by atoms with E-state index in [1.807, 2.05) is 41.2 Å². The topological polar surface area (TPSA) is 44.9 Å². The molecule has 0 spiro atoms. The molecule has 0 fully saturated rings. The van der Waals surface area contributed by atoms with E-state index in [1.165, 1.54) is 5.56 Å². The summed E-state index contributed by atoms with van der Waals surface area (Å²) in [5, 5.41) is 7.59. The summed E-state index contributed by atoms with van der Waals surface area (Å²) in [6, 6.07) is 84.1. The van der Waals surface area contributed by atoms with Crippen LogP contribution in [0.5, 0.6) is 11.5 Å². The average molecular weight is 1010 g/mol. The number of hydrogen-bond acceptors (Lipinski definition) is 3. The molecule has 12 rings (SSSR count). The first-order valence-corrected chi connectivity index (χ1v) is 23.7. The third-order valence-electron chi connectivity index (χ3n) is 13.2. The molecule has 0 saturated heterocycles. The largest absolute Gasteiger partial charge is 2.00 e. The van der Waals surface area contributed by atoms with Crippen LogP contribution in [-0.2, 0) is 20.4 Å². The Morgan fingerprint density at radius 3 is 1.42 bits per heavy atom. The van der Waals surface area contributed by atoms with E-state index >= 15 is 0 Å². The van der Waals surface area contributed by atoms with Gasteiger partial charge in [0.2, 0.25) is 0 Å². The monoisotopic (exact) mass is 1000 g/mol. The smallest absolute Gasteiger partial charge is 0.509 e. The number of fused-ring (bicyclic) bond motifs is 3. The molecule has 0 aliphatic heterocycles. The van der Waals surface area contributed by atoms with Gasteiger partial charge in [-0.3, -0.25) is 4.68 Å². The maximum atomic E-state index is 6.67. The summed E-state index contributed by atoms with van der Waals surface area (Å²) in [4.78, 5) is 4.77. The van der Waals surface area contributed by atoms with Crippen molar-refractivity contribution in [1.82, 2.24) is 19.3 Å². The Bertz CT molecular complexity index is 3760. The van der Waals surface area contributed by atoms with Crippen molar-refractivity contribution in [3.63, 3.8) is 0 Å². The van der Waals surface area contributed by atoms with E-state index in [0.717, 1.165) is 111 Å². The predicted molar refractivity (Wildman–Crippen MR) is 287 cm³/mol. The Morgan fingerprint density at radius 1 is 0.423 bits per heavy atom. The van der Waals surface area contributed by atoms with Gasteiger partial charge in [0.25, 0.3) is 0 Å². The summed E-state index contributed by atoms with van der Waals surface area (Å²) in [5.74, 6) is 1.96. The van der Waals surface area contributed by atoms with Gasteiger partial charge in [0, 0.05) is 40.0 Å². The summed E-state index contributed by atoms with van der Waals surface area (Å²) in [7, 11) is 0. The van der Waals surface area contributed by atoms with E-state index in [2.05, 4.69) is 226 Å². The van der Waals surface area contributed by atoms with Gasteiger partial charge in [-0.05, 0) is 111 Å². The molecule has 5 nitrogen and oxygen atoms in total. The molecule has 0 amide bonds. The predicted octanol–water partition coefficient (Wildman–Crippen LogP) is 16.7. The van der Waals surface area contributed by atoms with Crippen LogP contribution < -0.4 is 4.74 Å². The van der Waals surface area contributed by atoms with Gasteiger partial charge in [-0.1, -0.05) is 175 Å². The number of nitrogens with zero attached hydrogens (tertiary/aromatic N) is 4. The van der Waals surface area contributed by atoms with Crippen molar-refractivity contribution >= 4 is 21.8 Å². The fraction of sp³-hybridized carbons (Fsp3) is 0.0462. The maximum Gasteiger partial charge on any atom is 2.00 e. The van der Waals surface area contributed by atoms with Gasteiger partial charge in [0.15, 0.2) is 0 Å². The molecule has 3 aromatic heterocycles. The average Bonchev–Trinajstić information content (AvgIpc) is 3.91. The number of benzene rings is 9. The third-order valence-corrected chi connectivity index (χ3v) is 13.2. The number of ether oxygens (including phenoxy) is 1. The van der Waals surface area contributed by atoms with E-state index in [1.54, 1.807) is 0 Å². The zero-order chi connectivity index (χ0) is 47.1. The van der Waals surface area contributed by atoms with E-state index < -0.39 is 0 Å². The van der Waals surface area contributed by atoms with Gasteiger partial charge in [-0.15, -0.1) is 35.7 Å². The molecule has 12 aromatic rings. The third kappa shape index (κ3) is 8.18. The van der Waals surface area contributed by atoms with Gasteiger partial charge in [0.1, 0.15) is 5.82 Å². The second-order valence-corrected chi connectivity index (χ2v) is 17.7. The van der Waals surface area contributed by atoms with Crippen LogP contribution in [0.4, 0.5) is 0 Å². The summed E-state index contributed by atoms with van der Waals surface area (Å²) in [5.41, 5.74) is 19.3. The summed E-state index contributed by atoms with van der Waals surface area (Å²) >= 11 is 0. The first-order valence-electron chi connectivity index (χ1n) is 23.7. The Labute approximate surface area is 428 Å². The second kappa shape index (κ2) is 19.2. The normalized spacial score (nSPS) is 11.2. The standard InChI is InChI=1S/C65H46N4O.Pd/c1-43-38-39-66-58(40-43)68-56-35-20-19-34-54(56)55-37-36-53(42-57(55)68)70-52-33-21-32-51(41-52)69-45(3)59(44(2)67-69)65-63(49-28-15-7-16-29-49)61(47-24-11-5-12-25-47)60(46-22-9-4-10-23-46)62(48-26-13-6-14-27-48)64(65)50-30-17-8-18-31-50;/h4-40H,1-3H3;/q-2;+2. The van der Waals surface area contributed by atoms with E-state index in [9.17, 15) is 0 Å². The quantitative estimate of drug-likeness (QED) is 0.101. The van der Waals surface area contributed by atoms with Crippen LogP contribution >= 0.6 is 0 Å². The molecule has 0 aliphatic carbocycles. The summed E-state index contributed by atoms with van der Waals surface area (Å²) < 4.78 is 10.9. The molecule has 0 atom stereocenters.